The summed E-state index contributed by atoms with van der Waals surface area (Å²) in [4.78, 5) is -0.689. The Morgan fingerprint density at radius 2 is 1.81 bits per heavy atom. The number of nitrogens with one attached hydrogen (secondary N) is 1. The van der Waals surface area contributed by atoms with Gasteiger partial charge >= 0.3 is 6.18 Å². The van der Waals surface area contributed by atoms with Crippen LogP contribution in [0, 0.1) is 0 Å². The van der Waals surface area contributed by atoms with Crippen molar-refractivity contribution in [3.63, 3.8) is 0 Å². The summed E-state index contributed by atoms with van der Waals surface area (Å²) in [6, 6.07) is 10.3. The van der Waals surface area contributed by atoms with Gasteiger partial charge in [0.15, 0.2) is 11.5 Å². The maximum atomic E-state index is 13.0. The van der Waals surface area contributed by atoms with Crippen LogP contribution in [0.5, 0.6) is 17.4 Å². The normalized spacial score (nSPS) is 12.1. The number of hydrogen-bond donors (Lipinski definition) is 1. The average molecular weight is 558 g/mol. The Morgan fingerprint density at radius 3 is 2.51 bits per heavy atom. The fourth-order valence-corrected chi connectivity index (χ4v) is 4.83. The second kappa shape index (κ2) is 10.4. The molecule has 2 aromatic heterocycles. The molecule has 0 spiro atoms. The van der Waals surface area contributed by atoms with Gasteiger partial charge < -0.3 is 14.2 Å². The predicted octanol–water partition coefficient (Wildman–Crippen LogP) is 3.84. The van der Waals surface area contributed by atoms with Gasteiger partial charge in [0.2, 0.25) is 15.9 Å². The molecule has 10 nitrogen and oxygen atoms in total. The lowest BCUT2D eigenvalue weighted by molar-refractivity contribution is -0.137. The second-order valence-electron chi connectivity index (χ2n) is 7.42. The van der Waals surface area contributed by atoms with Gasteiger partial charge in [-0.1, -0.05) is 11.6 Å². The molecule has 0 aliphatic carbocycles. The van der Waals surface area contributed by atoms with Gasteiger partial charge in [0.1, 0.15) is 23.0 Å². The number of hydrogen-bond acceptors (Lipinski definition) is 8. The van der Waals surface area contributed by atoms with Crippen molar-refractivity contribution in [2.45, 2.75) is 11.1 Å². The Labute approximate surface area is 214 Å². The first-order valence-electron chi connectivity index (χ1n) is 10.5. The molecule has 0 amide bonds. The second-order valence-corrected chi connectivity index (χ2v) is 9.56. The van der Waals surface area contributed by atoms with E-state index < -0.39 is 26.7 Å². The maximum absolute atomic E-state index is 13.0. The van der Waals surface area contributed by atoms with Crippen molar-refractivity contribution >= 4 is 27.3 Å². The number of fused-ring (bicyclic) bond motifs is 1. The molecule has 15 heteroatoms. The molecule has 37 heavy (non-hydrogen) atoms. The van der Waals surface area contributed by atoms with Crippen molar-refractivity contribution < 1.29 is 35.8 Å². The van der Waals surface area contributed by atoms with E-state index in [1.165, 1.54) is 24.8 Å². The lowest BCUT2D eigenvalue weighted by Crippen LogP contribution is -2.29. The summed E-state index contributed by atoms with van der Waals surface area (Å²) in [6.45, 7) is -0.451. The summed E-state index contributed by atoms with van der Waals surface area (Å²) >= 11 is 5.83. The van der Waals surface area contributed by atoms with Crippen molar-refractivity contribution in [2.75, 3.05) is 27.4 Å². The Kier molecular flexibility index (Phi) is 7.43. The first-order chi connectivity index (χ1) is 17.5. The van der Waals surface area contributed by atoms with Crippen LogP contribution < -0.4 is 18.9 Å². The van der Waals surface area contributed by atoms with Crippen LogP contribution in [0.3, 0.4) is 0 Å². The van der Waals surface area contributed by atoms with Crippen molar-refractivity contribution in [1.29, 1.82) is 0 Å². The van der Waals surface area contributed by atoms with Gasteiger partial charge in [0.05, 0.1) is 30.4 Å². The predicted molar refractivity (Wildman–Crippen MR) is 126 cm³/mol. The minimum atomic E-state index is -4.72. The zero-order valence-corrected chi connectivity index (χ0v) is 20.9. The highest BCUT2D eigenvalue weighted by Gasteiger charge is 2.32. The van der Waals surface area contributed by atoms with Gasteiger partial charge in [-0.25, -0.2) is 13.1 Å². The molecule has 4 aromatic rings. The van der Waals surface area contributed by atoms with Crippen LogP contribution in [0.25, 0.3) is 17.0 Å². The first kappa shape index (κ1) is 26.4. The number of nitrogens with zero attached hydrogens (tertiary/aromatic N) is 4. The third-order valence-electron chi connectivity index (χ3n) is 5.08. The largest absolute Gasteiger partial charge is 0.497 e. The van der Waals surface area contributed by atoms with Crippen molar-refractivity contribution in [3.8, 4) is 28.8 Å². The average Bonchev–Trinajstić information content (AvgIpc) is 3.28. The molecule has 0 aliphatic heterocycles. The van der Waals surface area contributed by atoms with Crippen molar-refractivity contribution in [2.24, 2.45) is 0 Å². The molecule has 2 heterocycles. The number of alkyl halides is 3. The minimum Gasteiger partial charge on any atom is -0.497 e. The highest BCUT2D eigenvalue weighted by atomic mass is 35.5. The molecule has 196 valence electrons. The van der Waals surface area contributed by atoms with Crippen LogP contribution in [0.15, 0.2) is 53.4 Å². The zero-order chi connectivity index (χ0) is 26.8. The lowest BCUT2D eigenvalue weighted by Gasteiger charge is -2.12. The van der Waals surface area contributed by atoms with E-state index in [0.29, 0.717) is 40.7 Å². The summed E-state index contributed by atoms with van der Waals surface area (Å²) < 4.78 is 83.7. The number of ether oxygens (including phenoxy) is 3. The van der Waals surface area contributed by atoms with E-state index in [1.54, 1.807) is 24.3 Å². The van der Waals surface area contributed by atoms with Gasteiger partial charge in [-0.3, -0.25) is 0 Å². The van der Waals surface area contributed by atoms with Gasteiger partial charge in [-0.15, -0.1) is 15.3 Å². The number of methoxy groups -OCH3 is 2. The first-order valence-corrected chi connectivity index (χ1v) is 12.3. The summed E-state index contributed by atoms with van der Waals surface area (Å²) in [6.07, 6.45) is -4.72. The smallest absolute Gasteiger partial charge is 0.416 e. The van der Waals surface area contributed by atoms with E-state index in [1.807, 2.05) is 0 Å². The monoisotopic (exact) mass is 557 g/mol. The Morgan fingerprint density at radius 1 is 1.03 bits per heavy atom. The standard InChI is InChI=1S/C22H19ClF3N5O5S/c1-34-14-4-5-15(17(12-14)35-2)21-29-28-19-7-8-20(30-31(19)21)36-10-9-27-37(32,33)18-11-13(22(24,25)26)3-6-16(18)23/h3-8,11-12,27H,9-10H2,1-2H3. The molecule has 4 rings (SSSR count). The number of sulfonamides is 1. The molecule has 0 saturated carbocycles. The van der Waals surface area contributed by atoms with Crippen LogP contribution >= 0.6 is 11.6 Å². The summed E-state index contributed by atoms with van der Waals surface area (Å²) in [5.41, 5.74) is -0.129. The number of rotatable bonds is 9. The minimum absolute atomic E-state index is 0.123. The molecule has 0 bridgehead atoms. The molecule has 0 radical (unpaired) electrons. The molecular formula is C22H19ClF3N5O5S. The van der Waals surface area contributed by atoms with Gasteiger partial charge in [-0.05, 0) is 36.4 Å². The summed E-state index contributed by atoms with van der Waals surface area (Å²) in [7, 11) is -1.32. The van der Waals surface area contributed by atoms with Crippen molar-refractivity contribution in [1.82, 2.24) is 24.5 Å². The molecule has 2 aromatic carbocycles. The summed E-state index contributed by atoms with van der Waals surface area (Å²) in [5, 5.41) is 12.2. The van der Waals surface area contributed by atoms with E-state index in [9.17, 15) is 21.6 Å². The molecule has 0 fully saturated rings. The maximum Gasteiger partial charge on any atom is 0.416 e. The zero-order valence-electron chi connectivity index (χ0n) is 19.3. The number of halogens is 4. The van der Waals surface area contributed by atoms with E-state index >= 15 is 0 Å². The van der Waals surface area contributed by atoms with Crippen LogP contribution in [0.2, 0.25) is 5.02 Å². The highest BCUT2D eigenvalue weighted by molar-refractivity contribution is 7.89. The third-order valence-corrected chi connectivity index (χ3v) is 7.02. The fourth-order valence-electron chi connectivity index (χ4n) is 3.30. The van der Waals surface area contributed by atoms with E-state index in [4.69, 9.17) is 25.8 Å². The van der Waals surface area contributed by atoms with Crippen LogP contribution in [0.1, 0.15) is 5.56 Å². The van der Waals surface area contributed by atoms with Crippen LogP contribution in [-0.4, -0.2) is 55.6 Å². The highest BCUT2D eigenvalue weighted by Crippen LogP contribution is 2.34. The Bertz CT molecular complexity index is 1550. The van der Waals surface area contributed by atoms with E-state index in [-0.39, 0.29) is 24.1 Å². The number of benzene rings is 2. The van der Waals surface area contributed by atoms with E-state index in [2.05, 4.69) is 20.0 Å². The quantitative estimate of drug-likeness (QED) is 0.309. The molecule has 1 N–H and O–H groups in total. The molecule has 0 atom stereocenters. The Hall–Kier alpha value is -3.62. The topological polar surface area (TPSA) is 117 Å². The molecular weight excluding hydrogens is 539 g/mol. The fraction of sp³-hybridized carbons (Fsp3) is 0.227. The van der Waals surface area contributed by atoms with E-state index in [0.717, 1.165) is 6.07 Å². The van der Waals surface area contributed by atoms with Crippen LogP contribution in [-0.2, 0) is 16.2 Å². The van der Waals surface area contributed by atoms with Gasteiger partial charge in [0.25, 0.3) is 0 Å². The SMILES string of the molecule is COc1ccc(-c2nnc3ccc(OCCNS(=O)(=O)c4cc(C(F)(F)F)ccc4Cl)nn23)c(OC)c1. The number of aromatic nitrogens is 4. The molecule has 0 unspecified atom stereocenters. The molecule has 0 saturated heterocycles. The van der Waals surface area contributed by atoms with Gasteiger partial charge in [-0.2, -0.15) is 17.7 Å². The Balaban J connectivity index is 1.48. The lowest BCUT2D eigenvalue weighted by atomic mass is 10.2. The van der Waals surface area contributed by atoms with Crippen LogP contribution in [0.4, 0.5) is 13.2 Å². The summed E-state index contributed by atoms with van der Waals surface area (Å²) in [5.74, 6) is 1.54. The van der Waals surface area contributed by atoms with Gasteiger partial charge in [0, 0.05) is 18.7 Å². The molecule has 0 aliphatic rings. The van der Waals surface area contributed by atoms with Crippen molar-refractivity contribution in [3.05, 3.63) is 59.1 Å². The third kappa shape index (κ3) is 5.70.